The normalized spacial score (nSPS) is 14.7. The highest BCUT2D eigenvalue weighted by Crippen LogP contribution is 2.34. The number of rotatable bonds is 30. The van der Waals surface area contributed by atoms with Crippen LogP contribution in [0.4, 0.5) is 0 Å². The van der Waals surface area contributed by atoms with E-state index in [-0.39, 0.29) is 62.7 Å². The van der Waals surface area contributed by atoms with Crippen LogP contribution in [0.2, 0.25) is 0 Å². The molecule has 0 aliphatic carbocycles. The molecule has 2 aromatic rings. The summed E-state index contributed by atoms with van der Waals surface area (Å²) in [6.07, 6.45) is 3.18. The van der Waals surface area contributed by atoms with E-state index in [0.717, 1.165) is 4.68 Å². The Morgan fingerprint density at radius 2 is 0.953 bits per heavy atom. The van der Waals surface area contributed by atoms with E-state index in [1.54, 1.807) is 13.8 Å². The lowest BCUT2D eigenvalue weighted by molar-refractivity contribution is -0.135. The molecule has 27 nitrogen and oxygen atoms in total. The van der Waals surface area contributed by atoms with E-state index in [9.17, 15) is 57.5 Å². The molecule has 0 saturated carbocycles. The molecule has 0 bridgehead atoms. The summed E-state index contributed by atoms with van der Waals surface area (Å²) in [5, 5.41) is 31.3. The van der Waals surface area contributed by atoms with Crippen molar-refractivity contribution in [2.24, 2.45) is 17.2 Å². The van der Waals surface area contributed by atoms with Crippen LogP contribution in [0.25, 0.3) is 0 Å². The molecule has 0 radical (unpaired) electrons. The Balaban J connectivity index is 2.34. The number of aromatic nitrogens is 6. The number of hydrogen-bond acceptors (Lipinski definition) is 15. The van der Waals surface area contributed by atoms with Gasteiger partial charge in [0.1, 0.15) is 30.2 Å². The van der Waals surface area contributed by atoms with Gasteiger partial charge < -0.3 is 68.7 Å². The van der Waals surface area contributed by atoms with Crippen LogP contribution in [0.3, 0.4) is 0 Å². The van der Waals surface area contributed by atoms with Crippen molar-refractivity contribution in [1.29, 1.82) is 0 Å². The number of nitrogens with one attached hydrogen (secondary N) is 6. The maximum absolute atomic E-state index is 13.9. The Labute approximate surface area is 370 Å². The van der Waals surface area contributed by atoms with Gasteiger partial charge in [0.05, 0.1) is 42.8 Å². The van der Waals surface area contributed by atoms with Crippen LogP contribution in [-0.4, -0.2) is 153 Å². The third-order valence-electron chi connectivity index (χ3n) is 9.26. The fourth-order valence-electron chi connectivity index (χ4n) is 5.82. The number of carbonyl (C=O) groups excluding carboxylic acids is 6. The second-order valence-corrected chi connectivity index (χ2v) is 19.2. The highest BCUT2D eigenvalue weighted by Gasteiger charge is 2.32. The summed E-state index contributed by atoms with van der Waals surface area (Å²) >= 11 is 0. The Hall–Kier alpha value is -4.72. The highest BCUT2D eigenvalue weighted by molar-refractivity contribution is 7.52. The summed E-state index contributed by atoms with van der Waals surface area (Å²) in [7, 11) is -8.72. The van der Waals surface area contributed by atoms with Crippen molar-refractivity contribution in [3.05, 3.63) is 23.8 Å². The van der Waals surface area contributed by atoms with Crippen molar-refractivity contribution in [3.8, 4) is 0 Å². The molecule has 2 rings (SSSR count). The molecule has 0 spiro atoms. The molecule has 0 aliphatic rings. The Morgan fingerprint density at radius 1 is 0.578 bits per heavy atom. The van der Waals surface area contributed by atoms with Gasteiger partial charge in [0.15, 0.2) is 0 Å². The minimum Gasteiger partial charge on any atom is -0.352 e. The molecule has 16 N–H and O–H groups in total. The second-order valence-electron chi connectivity index (χ2n) is 15.6. The van der Waals surface area contributed by atoms with Crippen molar-refractivity contribution in [2.75, 3.05) is 25.4 Å². The standard InChI is InChI=1S/C35H65N15O12P2/c1-21(2)39-34(55)28(17-24-19-49(47-45-24)13-15-63(57,58)59)43-33(54)27(10-6-8-12-37)42-31(52)23(4)40-35(56)29(18-25-20-50(48-46-25)14-16-64(60,61)62)44-32(53)26(9-5-7-11-36)41-30(51)22(3)38/h19-23,26-29H,5-18,36-38H2,1-4H3,(H,39,55)(H,40,56)(H,41,51)(H,42,52)(H,43,54)(H,44,53)(H2,57,58,59)(H2,60,61,62)/t22-,23-,26-,27-,28-,29-/m0/s1. The van der Waals surface area contributed by atoms with Crippen LogP contribution in [0.1, 0.15) is 77.6 Å². The molecular formula is C35H65N15O12P2. The van der Waals surface area contributed by atoms with Gasteiger partial charge in [0.25, 0.3) is 0 Å². The lowest BCUT2D eigenvalue weighted by Gasteiger charge is -2.26. The maximum Gasteiger partial charge on any atom is 0.327 e. The number of amides is 6. The van der Waals surface area contributed by atoms with Gasteiger partial charge >= 0.3 is 15.2 Å². The third kappa shape index (κ3) is 21.8. The largest absolute Gasteiger partial charge is 0.352 e. The summed E-state index contributed by atoms with van der Waals surface area (Å²) in [6, 6.07) is -7.70. The quantitative estimate of drug-likeness (QED) is 0.0260. The lowest BCUT2D eigenvalue weighted by atomic mass is 10.0. The van der Waals surface area contributed by atoms with E-state index in [0.29, 0.717) is 32.2 Å². The second kappa shape index (κ2) is 26.9. The predicted molar refractivity (Wildman–Crippen MR) is 229 cm³/mol. The van der Waals surface area contributed by atoms with Crippen LogP contribution in [0, 0.1) is 0 Å². The Kier molecular flexibility index (Phi) is 23.3. The molecule has 0 fully saturated rings. The molecule has 0 unspecified atom stereocenters. The topological polar surface area (TPSA) is 429 Å². The average Bonchev–Trinajstić information content (AvgIpc) is 3.86. The first-order chi connectivity index (χ1) is 29.9. The Bertz CT molecular complexity index is 1940. The van der Waals surface area contributed by atoms with E-state index in [2.05, 4.69) is 52.5 Å². The number of aryl methyl sites for hydroxylation is 2. The SMILES string of the molecule is CC(C)NC(=O)[C@H](Cc1cn(CCP(=O)(O)O)nn1)NC(=O)[C@H](CCCCN)NC(=O)[C@H](C)NC(=O)[C@H](Cc1cn(CCP(=O)(O)O)nn1)NC(=O)[C@H](CCCCN)NC(=O)[C@H](C)N. The van der Waals surface area contributed by atoms with E-state index in [1.165, 1.54) is 30.9 Å². The van der Waals surface area contributed by atoms with E-state index >= 15 is 0 Å². The molecule has 0 saturated heterocycles. The van der Waals surface area contributed by atoms with Crippen molar-refractivity contribution in [1.82, 2.24) is 61.9 Å². The van der Waals surface area contributed by atoms with Gasteiger partial charge in [0.2, 0.25) is 35.4 Å². The molecule has 29 heteroatoms. The first kappa shape index (κ1) is 55.4. The predicted octanol–water partition coefficient (Wildman–Crippen LogP) is -4.42. The van der Waals surface area contributed by atoms with Crippen molar-refractivity contribution in [2.45, 2.75) is 134 Å². The van der Waals surface area contributed by atoms with Crippen molar-refractivity contribution in [3.63, 3.8) is 0 Å². The minimum absolute atomic E-state index is 0.0710. The van der Waals surface area contributed by atoms with Crippen LogP contribution in [0.5, 0.6) is 0 Å². The first-order valence-electron chi connectivity index (χ1n) is 20.8. The number of nitrogens with zero attached hydrogens (tertiary/aromatic N) is 6. The molecule has 6 amide bonds. The fourth-order valence-corrected chi connectivity index (χ4v) is 6.75. The first-order valence-corrected chi connectivity index (χ1v) is 24.4. The number of unbranched alkanes of at least 4 members (excludes halogenated alkanes) is 2. The highest BCUT2D eigenvalue weighted by atomic mass is 31.2. The molecule has 64 heavy (non-hydrogen) atoms. The van der Waals surface area contributed by atoms with Gasteiger partial charge in [-0.05, 0) is 79.3 Å². The number of hydrogen-bond donors (Lipinski definition) is 13. The van der Waals surface area contributed by atoms with Gasteiger partial charge in [-0.3, -0.25) is 47.3 Å². The van der Waals surface area contributed by atoms with Crippen LogP contribution < -0.4 is 49.1 Å². The molecule has 0 aromatic carbocycles. The lowest BCUT2D eigenvalue weighted by Crippen LogP contribution is -2.59. The van der Waals surface area contributed by atoms with E-state index < -0.39 is 99.2 Å². The molecule has 2 aromatic heterocycles. The van der Waals surface area contributed by atoms with Crippen molar-refractivity contribution >= 4 is 50.6 Å². The van der Waals surface area contributed by atoms with Gasteiger partial charge in [-0.1, -0.05) is 10.4 Å². The Morgan fingerprint density at radius 3 is 1.33 bits per heavy atom. The van der Waals surface area contributed by atoms with Crippen LogP contribution >= 0.6 is 15.2 Å². The average molecular weight is 950 g/mol. The third-order valence-corrected chi connectivity index (χ3v) is 10.8. The molecule has 2 heterocycles. The monoisotopic (exact) mass is 949 g/mol. The smallest absolute Gasteiger partial charge is 0.327 e. The summed E-state index contributed by atoms with van der Waals surface area (Å²) < 4.78 is 25.1. The zero-order chi connectivity index (χ0) is 48.2. The zero-order valence-electron chi connectivity index (χ0n) is 36.5. The zero-order valence-corrected chi connectivity index (χ0v) is 38.2. The van der Waals surface area contributed by atoms with Crippen molar-refractivity contribution < 1.29 is 57.5 Å². The summed E-state index contributed by atoms with van der Waals surface area (Å²) in [5.41, 5.74) is 17.4. The maximum atomic E-state index is 13.9. The number of nitrogens with two attached hydrogens (primary N) is 3. The van der Waals surface area contributed by atoms with Crippen LogP contribution in [0.15, 0.2) is 12.4 Å². The van der Waals surface area contributed by atoms with Gasteiger partial charge in [-0.25, -0.2) is 0 Å². The minimum atomic E-state index is -4.39. The van der Waals surface area contributed by atoms with E-state index in [1.807, 2.05) is 0 Å². The molecule has 0 aliphatic heterocycles. The molecular weight excluding hydrogens is 884 g/mol. The van der Waals surface area contributed by atoms with Gasteiger partial charge in [-0.15, -0.1) is 10.2 Å². The summed E-state index contributed by atoms with van der Waals surface area (Å²) in [4.78, 5) is 118. The summed E-state index contributed by atoms with van der Waals surface area (Å²) in [6.45, 7) is 6.39. The number of carbonyl (C=O) groups is 6. The molecule has 6 atom stereocenters. The van der Waals surface area contributed by atoms with Gasteiger partial charge in [-0.2, -0.15) is 0 Å². The summed E-state index contributed by atoms with van der Waals surface area (Å²) in [5.74, 6) is -4.46. The fraction of sp³-hybridized carbons (Fsp3) is 0.714. The molecule has 362 valence electrons. The van der Waals surface area contributed by atoms with E-state index in [4.69, 9.17) is 17.2 Å². The van der Waals surface area contributed by atoms with Gasteiger partial charge in [0, 0.05) is 31.3 Å². The van der Waals surface area contributed by atoms with Crippen LogP contribution in [-0.2, 0) is 63.8 Å².